The van der Waals surface area contributed by atoms with Crippen LogP contribution in [0.2, 0.25) is 0 Å². The molecule has 0 bridgehead atoms. The summed E-state index contributed by atoms with van der Waals surface area (Å²) in [6.45, 7) is 0. The van der Waals surface area contributed by atoms with E-state index in [2.05, 4.69) is 4.98 Å². The molecule has 15 heavy (non-hydrogen) atoms. The molecule has 1 N–H and O–H groups in total. The van der Waals surface area contributed by atoms with Gasteiger partial charge in [-0.25, -0.2) is 9.78 Å². The van der Waals surface area contributed by atoms with Gasteiger partial charge in [0.25, 0.3) is 0 Å². The maximum atomic E-state index is 11.0. The van der Waals surface area contributed by atoms with Gasteiger partial charge in [0.2, 0.25) is 0 Å². The third-order valence-electron chi connectivity index (χ3n) is 2.89. The van der Waals surface area contributed by atoms with Crippen molar-refractivity contribution in [2.45, 2.75) is 19.3 Å². The van der Waals surface area contributed by atoms with Gasteiger partial charge in [-0.3, -0.25) is 0 Å². The molecule has 3 rings (SSSR count). The number of hydrogen-bond acceptors (Lipinski definition) is 2. The minimum absolute atomic E-state index is 0.284. The molecular weight excluding hydrogens is 192 g/mol. The van der Waals surface area contributed by atoms with Crippen molar-refractivity contribution in [2.75, 3.05) is 0 Å². The van der Waals surface area contributed by atoms with E-state index in [1.165, 1.54) is 5.69 Å². The van der Waals surface area contributed by atoms with Crippen LogP contribution in [-0.2, 0) is 12.8 Å². The van der Waals surface area contributed by atoms with E-state index in [9.17, 15) is 4.79 Å². The number of nitrogens with zero attached hydrogens (tertiary/aromatic N) is 2. The second-order valence-electron chi connectivity index (χ2n) is 3.78. The van der Waals surface area contributed by atoms with E-state index in [0.29, 0.717) is 5.65 Å². The van der Waals surface area contributed by atoms with E-state index in [1.807, 2.05) is 10.6 Å². The molecule has 0 saturated carbocycles. The summed E-state index contributed by atoms with van der Waals surface area (Å²) in [6.07, 6.45) is 4.98. The number of aromatic carboxylic acids is 1. The molecular formula is C11H10N2O2. The van der Waals surface area contributed by atoms with Crippen LogP contribution in [0.1, 0.15) is 28.2 Å². The minimum atomic E-state index is -0.913. The Morgan fingerprint density at radius 1 is 1.47 bits per heavy atom. The highest BCUT2D eigenvalue weighted by Crippen LogP contribution is 2.24. The molecule has 0 saturated heterocycles. The third kappa shape index (κ3) is 1.08. The van der Waals surface area contributed by atoms with Crippen molar-refractivity contribution in [1.82, 2.24) is 9.38 Å². The molecule has 2 aromatic heterocycles. The summed E-state index contributed by atoms with van der Waals surface area (Å²) in [5.41, 5.74) is 3.10. The molecule has 0 radical (unpaired) electrons. The molecule has 0 unspecified atom stereocenters. The lowest BCUT2D eigenvalue weighted by Crippen LogP contribution is -2.01. The average Bonchev–Trinajstić information content (AvgIpc) is 2.75. The summed E-state index contributed by atoms with van der Waals surface area (Å²) in [5, 5.41) is 9.02. The summed E-state index contributed by atoms with van der Waals surface area (Å²) in [6, 6.07) is 3.36. The van der Waals surface area contributed by atoms with E-state index in [1.54, 1.807) is 12.1 Å². The van der Waals surface area contributed by atoms with Gasteiger partial charge in [-0.1, -0.05) is 0 Å². The molecule has 0 amide bonds. The first-order chi connectivity index (χ1) is 7.27. The van der Waals surface area contributed by atoms with Crippen molar-refractivity contribution in [3.8, 4) is 0 Å². The van der Waals surface area contributed by atoms with Gasteiger partial charge in [-0.2, -0.15) is 0 Å². The van der Waals surface area contributed by atoms with Crippen LogP contribution in [0.3, 0.4) is 0 Å². The van der Waals surface area contributed by atoms with Crippen molar-refractivity contribution >= 4 is 11.6 Å². The van der Waals surface area contributed by atoms with Crippen LogP contribution in [0.25, 0.3) is 5.65 Å². The largest absolute Gasteiger partial charge is 0.478 e. The highest BCUT2D eigenvalue weighted by atomic mass is 16.4. The Labute approximate surface area is 86.2 Å². The molecule has 1 aliphatic carbocycles. The smallest absolute Gasteiger partial charge is 0.339 e. The Kier molecular flexibility index (Phi) is 1.59. The van der Waals surface area contributed by atoms with Crippen LogP contribution in [0.15, 0.2) is 18.3 Å². The number of fused-ring (bicyclic) bond motifs is 3. The van der Waals surface area contributed by atoms with Crippen LogP contribution in [-0.4, -0.2) is 20.5 Å². The number of aryl methyl sites for hydroxylation is 2. The predicted molar refractivity (Wildman–Crippen MR) is 54.2 cm³/mol. The molecule has 2 aromatic rings. The molecule has 4 heteroatoms. The number of pyridine rings is 1. The van der Waals surface area contributed by atoms with Gasteiger partial charge in [0.15, 0.2) is 5.65 Å². The maximum absolute atomic E-state index is 11.0. The Balaban J connectivity index is 2.37. The van der Waals surface area contributed by atoms with E-state index in [0.717, 1.165) is 25.0 Å². The Hall–Kier alpha value is -1.84. The van der Waals surface area contributed by atoms with Crippen LogP contribution in [0.5, 0.6) is 0 Å². The fraction of sp³-hybridized carbons (Fsp3) is 0.273. The normalized spacial score (nSPS) is 14.4. The van der Waals surface area contributed by atoms with E-state index < -0.39 is 5.97 Å². The average molecular weight is 202 g/mol. The van der Waals surface area contributed by atoms with Crippen LogP contribution < -0.4 is 0 Å². The number of imidazole rings is 1. The quantitative estimate of drug-likeness (QED) is 0.762. The molecule has 4 nitrogen and oxygen atoms in total. The van der Waals surface area contributed by atoms with Crippen molar-refractivity contribution in [2.24, 2.45) is 0 Å². The number of carbonyl (C=O) groups is 1. The highest BCUT2D eigenvalue weighted by molar-refractivity contribution is 5.94. The summed E-state index contributed by atoms with van der Waals surface area (Å²) in [4.78, 5) is 15.4. The topological polar surface area (TPSA) is 54.6 Å². The lowest BCUT2D eigenvalue weighted by atomic mass is 10.2. The summed E-state index contributed by atoms with van der Waals surface area (Å²) in [7, 11) is 0. The number of rotatable bonds is 1. The molecule has 76 valence electrons. The van der Waals surface area contributed by atoms with Crippen LogP contribution in [0, 0.1) is 0 Å². The lowest BCUT2D eigenvalue weighted by Gasteiger charge is -2.00. The second kappa shape index (κ2) is 2.82. The van der Waals surface area contributed by atoms with Crippen LogP contribution >= 0.6 is 0 Å². The lowest BCUT2D eigenvalue weighted by molar-refractivity contribution is 0.0698. The number of hydrogen-bond donors (Lipinski definition) is 1. The molecule has 0 aromatic carbocycles. The second-order valence-corrected chi connectivity index (χ2v) is 3.78. The molecule has 0 spiro atoms. The standard InChI is InChI=1S/C11H10N2O2/c14-11(15)7-3-2-6-13-9-5-1-4-8(9)12-10(7)13/h2-3,6H,1,4-5H2,(H,14,15). The molecule has 1 aliphatic rings. The Morgan fingerprint density at radius 2 is 2.33 bits per heavy atom. The van der Waals surface area contributed by atoms with E-state index in [4.69, 9.17) is 5.11 Å². The zero-order chi connectivity index (χ0) is 10.4. The monoisotopic (exact) mass is 202 g/mol. The highest BCUT2D eigenvalue weighted by Gasteiger charge is 2.20. The van der Waals surface area contributed by atoms with Crippen molar-refractivity contribution in [3.05, 3.63) is 35.3 Å². The number of carboxylic acid groups (broad SMARTS) is 1. The molecule has 2 heterocycles. The van der Waals surface area contributed by atoms with Gasteiger partial charge in [-0.05, 0) is 31.4 Å². The zero-order valence-electron chi connectivity index (χ0n) is 8.10. The Morgan fingerprint density at radius 3 is 3.13 bits per heavy atom. The van der Waals surface area contributed by atoms with Gasteiger partial charge in [-0.15, -0.1) is 0 Å². The van der Waals surface area contributed by atoms with Gasteiger partial charge in [0.1, 0.15) is 5.56 Å². The van der Waals surface area contributed by atoms with Crippen LogP contribution in [0.4, 0.5) is 0 Å². The number of aromatic nitrogens is 2. The SMILES string of the molecule is O=C(O)c1cccn2c3c(nc12)CCC3. The summed E-state index contributed by atoms with van der Waals surface area (Å²) < 4.78 is 1.91. The van der Waals surface area contributed by atoms with Gasteiger partial charge >= 0.3 is 5.97 Å². The maximum Gasteiger partial charge on any atom is 0.339 e. The molecule has 0 aliphatic heterocycles. The summed E-state index contributed by atoms with van der Waals surface area (Å²) >= 11 is 0. The van der Waals surface area contributed by atoms with Crippen molar-refractivity contribution in [3.63, 3.8) is 0 Å². The fourth-order valence-electron chi connectivity index (χ4n) is 2.22. The predicted octanol–water partition coefficient (Wildman–Crippen LogP) is 1.52. The first-order valence-electron chi connectivity index (χ1n) is 4.99. The first kappa shape index (κ1) is 8.47. The molecule has 0 atom stereocenters. The van der Waals surface area contributed by atoms with Gasteiger partial charge in [0.05, 0.1) is 5.69 Å². The minimum Gasteiger partial charge on any atom is -0.478 e. The number of carboxylic acids is 1. The van der Waals surface area contributed by atoms with Gasteiger partial charge in [0, 0.05) is 11.9 Å². The van der Waals surface area contributed by atoms with Gasteiger partial charge < -0.3 is 9.51 Å². The van der Waals surface area contributed by atoms with E-state index >= 15 is 0 Å². The fourth-order valence-corrected chi connectivity index (χ4v) is 2.22. The Bertz CT molecular complexity index is 557. The first-order valence-corrected chi connectivity index (χ1v) is 4.99. The zero-order valence-corrected chi connectivity index (χ0v) is 8.10. The third-order valence-corrected chi connectivity index (χ3v) is 2.89. The van der Waals surface area contributed by atoms with Crippen molar-refractivity contribution in [1.29, 1.82) is 0 Å². The van der Waals surface area contributed by atoms with E-state index in [-0.39, 0.29) is 5.56 Å². The summed E-state index contributed by atoms with van der Waals surface area (Å²) in [5.74, 6) is -0.913. The van der Waals surface area contributed by atoms with Crippen molar-refractivity contribution < 1.29 is 9.90 Å². The molecule has 0 fully saturated rings.